The van der Waals surface area contributed by atoms with Gasteiger partial charge in [0.25, 0.3) is 0 Å². The van der Waals surface area contributed by atoms with Gasteiger partial charge in [0.1, 0.15) is 11.0 Å². The molecule has 2 rings (SSSR count). The first-order valence-electron chi connectivity index (χ1n) is 8.00. The third-order valence-electron chi connectivity index (χ3n) is 4.04. The molecule has 0 saturated heterocycles. The van der Waals surface area contributed by atoms with Crippen LogP contribution < -0.4 is 10.1 Å². The molecule has 1 aliphatic carbocycles. The molecular weight excluding hydrogens is 298 g/mol. The lowest BCUT2D eigenvalue weighted by Gasteiger charge is -2.17. The first kappa shape index (κ1) is 17.0. The number of carbonyl (C=O) groups excluding carboxylic acids is 1. The number of amides is 1. The van der Waals surface area contributed by atoms with Crippen molar-refractivity contribution in [3.8, 4) is 5.75 Å². The lowest BCUT2D eigenvalue weighted by atomic mass is 10.2. The lowest BCUT2D eigenvalue weighted by molar-refractivity contribution is -0.121. The Bertz CT molecular complexity index is 526. The third-order valence-corrected chi connectivity index (χ3v) is 5.63. The molecule has 0 aliphatic heterocycles. The maximum Gasteiger partial charge on any atom is 0.235 e. The number of carbonyl (C=O) groups is 1. The Labute approximate surface area is 135 Å². The van der Waals surface area contributed by atoms with Gasteiger partial charge in [-0.15, -0.1) is 0 Å². The van der Waals surface area contributed by atoms with Crippen LogP contribution in [-0.4, -0.2) is 28.0 Å². The predicted molar refractivity (Wildman–Crippen MR) is 89.3 cm³/mol. The maximum absolute atomic E-state index is 12.5. The summed E-state index contributed by atoms with van der Waals surface area (Å²) >= 11 is 0. The van der Waals surface area contributed by atoms with Gasteiger partial charge in [-0.3, -0.25) is 9.00 Å². The van der Waals surface area contributed by atoms with Crippen molar-refractivity contribution in [2.75, 3.05) is 6.61 Å². The molecule has 1 saturated carbocycles. The molecule has 0 spiro atoms. The summed E-state index contributed by atoms with van der Waals surface area (Å²) in [5.41, 5.74) is 0.892. The lowest BCUT2D eigenvalue weighted by Crippen LogP contribution is -2.40. The van der Waals surface area contributed by atoms with Crippen LogP contribution in [0.25, 0.3) is 0 Å². The number of ether oxygens (including phenoxy) is 1. The van der Waals surface area contributed by atoms with Crippen molar-refractivity contribution in [1.29, 1.82) is 0 Å². The van der Waals surface area contributed by atoms with E-state index in [1.807, 2.05) is 31.2 Å². The van der Waals surface area contributed by atoms with E-state index in [-0.39, 0.29) is 11.9 Å². The van der Waals surface area contributed by atoms with Crippen molar-refractivity contribution in [3.05, 3.63) is 29.8 Å². The van der Waals surface area contributed by atoms with Crippen LogP contribution in [0, 0.1) is 0 Å². The fraction of sp³-hybridized carbons (Fsp3) is 0.588. The molecule has 0 unspecified atom stereocenters. The van der Waals surface area contributed by atoms with Gasteiger partial charge in [0.2, 0.25) is 5.91 Å². The van der Waals surface area contributed by atoms with Gasteiger partial charge in [0, 0.05) is 22.4 Å². The van der Waals surface area contributed by atoms with Crippen LogP contribution in [0.3, 0.4) is 0 Å². The van der Waals surface area contributed by atoms with Crippen molar-refractivity contribution < 1.29 is 13.7 Å². The second kappa shape index (κ2) is 8.32. The van der Waals surface area contributed by atoms with Gasteiger partial charge in [-0.05, 0) is 32.8 Å². The average molecular weight is 323 g/mol. The summed E-state index contributed by atoms with van der Waals surface area (Å²) in [4.78, 5) is 12.2. The number of benzene rings is 1. The van der Waals surface area contributed by atoms with E-state index in [0.29, 0.717) is 12.4 Å². The summed E-state index contributed by atoms with van der Waals surface area (Å²) in [7, 11) is -1.25. The molecule has 1 aromatic rings. The maximum atomic E-state index is 12.5. The smallest absolute Gasteiger partial charge is 0.235 e. The molecule has 5 heteroatoms. The molecule has 122 valence electrons. The van der Waals surface area contributed by atoms with Crippen LogP contribution in [0.2, 0.25) is 0 Å². The molecule has 1 N–H and O–H groups in total. The quantitative estimate of drug-likeness (QED) is 0.839. The molecule has 0 radical (unpaired) electrons. The van der Waals surface area contributed by atoms with Crippen LogP contribution in [0.4, 0.5) is 0 Å². The van der Waals surface area contributed by atoms with Gasteiger partial charge >= 0.3 is 0 Å². The van der Waals surface area contributed by atoms with E-state index in [2.05, 4.69) is 5.32 Å². The van der Waals surface area contributed by atoms with Gasteiger partial charge < -0.3 is 10.1 Å². The zero-order valence-electron chi connectivity index (χ0n) is 13.3. The van der Waals surface area contributed by atoms with E-state index in [1.54, 1.807) is 6.92 Å². The molecule has 1 aliphatic rings. The predicted octanol–water partition coefficient (Wildman–Crippen LogP) is 2.78. The van der Waals surface area contributed by atoms with Crippen molar-refractivity contribution >= 4 is 16.7 Å². The summed E-state index contributed by atoms with van der Waals surface area (Å²) in [5, 5.41) is 2.52. The first-order valence-corrected chi connectivity index (χ1v) is 9.38. The van der Waals surface area contributed by atoms with Crippen LogP contribution >= 0.6 is 0 Å². The fourth-order valence-electron chi connectivity index (χ4n) is 2.71. The molecule has 22 heavy (non-hydrogen) atoms. The van der Waals surface area contributed by atoms with Crippen LogP contribution in [-0.2, 0) is 21.3 Å². The Morgan fingerprint density at radius 3 is 2.73 bits per heavy atom. The van der Waals surface area contributed by atoms with Crippen LogP contribution in [0.1, 0.15) is 45.1 Å². The molecule has 0 heterocycles. The zero-order chi connectivity index (χ0) is 15.9. The number of hydrogen-bond acceptors (Lipinski definition) is 3. The summed E-state index contributed by atoms with van der Waals surface area (Å²) < 4.78 is 18.0. The Balaban J connectivity index is 1.94. The van der Waals surface area contributed by atoms with E-state index < -0.39 is 16.0 Å². The van der Waals surface area contributed by atoms with Crippen molar-refractivity contribution in [3.63, 3.8) is 0 Å². The largest absolute Gasteiger partial charge is 0.494 e. The van der Waals surface area contributed by atoms with E-state index in [9.17, 15) is 9.00 Å². The molecule has 4 nitrogen and oxygen atoms in total. The minimum Gasteiger partial charge on any atom is -0.494 e. The molecular formula is C17H25NO3S. The van der Waals surface area contributed by atoms with Crippen molar-refractivity contribution in [2.45, 2.75) is 56.6 Å². The minimum absolute atomic E-state index is 0.0980. The van der Waals surface area contributed by atoms with Gasteiger partial charge in [0.05, 0.1) is 12.4 Å². The highest BCUT2D eigenvalue weighted by Gasteiger charge is 2.24. The zero-order valence-corrected chi connectivity index (χ0v) is 14.2. The molecule has 0 bridgehead atoms. The highest BCUT2D eigenvalue weighted by molar-refractivity contribution is 7.85. The second-order valence-corrected chi connectivity index (χ2v) is 7.46. The van der Waals surface area contributed by atoms with Crippen LogP contribution in [0.15, 0.2) is 24.3 Å². The van der Waals surface area contributed by atoms with Crippen molar-refractivity contribution in [2.24, 2.45) is 0 Å². The highest BCUT2D eigenvalue weighted by atomic mass is 32.2. The average Bonchev–Trinajstić information content (AvgIpc) is 3.01. The minimum atomic E-state index is -1.25. The Morgan fingerprint density at radius 1 is 1.36 bits per heavy atom. The van der Waals surface area contributed by atoms with E-state index in [0.717, 1.165) is 24.2 Å². The molecule has 2 atom stereocenters. The number of nitrogens with one attached hydrogen (secondary N) is 1. The number of rotatable bonds is 7. The van der Waals surface area contributed by atoms with Gasteiger partial charge in [-0.2, -0.15) is 0 Å². The van der Waals surface area contributed by atoms with Gasteiger partial charge in [0.15, 0.2) is 0 Å². The second-order valence-electron chi connectivity index (χ2n) is 5.70. The summed E-state index contributed by atoms with van der Waals surface area (Å²) in [6, 6.07) is 7.85. The molecule has 1 aromatic carbocycles. The first-order chi connectivity index (χ1) is 10.6. The number of para-hydroxylation sites is 1. The molecule has 1 amide bonds. The Hall–Kier alpha value is -1.36. The molecule has 1 fully saturated rings. The topological polar surface area (TPSA) is 55.4 Å². The fourth-order valence-corrected chi connectivity index (χ4v) is 3.81. The monoisotopic (exact) mass is 323 g/mol. The highest BCUT2D eigenvalue weighted by Crippen LogP contribution is 2.21. The Morgan fingerprint density at radius 2 is 2.05 bits per heavy atom. The normalized spacial score (nSPS) is 17.9. The van der Waals surface area contributed by atoms with E-state index in [1.165, 1.54) is 12.8 Å². The van der Waals surface area contributed by atoms with E-state index >= 15 is 0 Å². The SMILES string of the molecule is CCOc1ccccc1C[S@@](=O)[C@@H](C)C(=O)NC1CCCC1. The molecule has 0 aromatic heterocycles. The summed E-state index contributed by atoms with van der Waals surface area (Å²) in [5.74, 6) is 0.996. The van der Waals surface area contributed by atoms with E-state index in [4.69, 9.17) is 4.74 Å². The third kappa shape index (κ3) is 4.57. The Kier molecular flexibility index (Phi) is 6.43. The summed E-state index contributed by atoms with van der Waals surface area (Å²) in [6.07, 6.45) is 4.42. The van der Waals surface area contributed by atoms with Gasteiger partial charge in [-0.1, -0.05) is 31.0 Å². The van der Waals surface area contributed by atoms with Crippen molar-refractivity contribution in [1.82, 2.24) is 5.32 Å². The van der Waals surface area contributed by atoms with Crippen LogP contribution in [0.5, 0.6) is 5.75 Å². The standard InChI is InChI=1S/C17H25NO3S/c1-3-21-16-11-7-4-8-14(16)12-22(20)13(2)17(19)18-15-9-5-6-10-15/h4,7-8,11,13,15H,3,5-6,9-10,12H2,1-2H3,(H,18,19)/t13-,22+/m0/s1. The number of hydrogen-bond donors (Lipinski definition) is 1. The van der Waals surface area contributed by atoms with Gasteiger partial charge in [-0.25, -0.2) is 0 Å². The summed E-state index contributed by atoms with van der Waals surface area (Å²) in [6.45, 7) is 4.23.